The third kappa shape index (κ3) is 6.19. The topological polar surface area (TPSA) is 68.2 Å². The highest BCUT2D eigenvalue weighted by Gasteiger charge is 2.28. The summed E-state index contributed by atoms with van der Waals surface area (Å²) >= 11 is 6.22. The van der Waals surface area contributed by atoms with Crippen molar-refractivity contribution in [2.24, 2.45) is 5.92 Å². The summed E-state index contributed by atoms with van der Waals surface area (Å²) in [5.41, 5.74) is 1.76. The molecule has 33 heavy (non-hydrogen) atoms. The van der Waals surface area contributed by atoms with Crippen molar-refractivity contribution in [3.63, 3.8) is 0 Å². The maximum atomic E-state index is 12.9. The van der Waals surface area contributed by atoms with Crippen molar-refractivity contribution in [3.8, 4) is 17.2 Å². The molecule has 4 rings (SSSR count). The van der Waals surface area contributed by atoms with Crippen LogP contribution in [0.3, 0.4) is 0 Å². The van der Waals surface area contributed by atoms with Gasteiger partial charge in [-0.15, -0.1) is 0 Å². The fraction of sp³-hybridized carbons (Fsp3) is 0.500. The number of Topliss-reactive ketones (excluding diaryl/α,β-unsaturated/α-hetero) is 1. The van der Waals surface area contributed by atoms with Crippen molar-refractivity contribution < 1.29 is 24.1 Å². The first-order valence-electron chi connectivity index (χ1n) is 11.7. The molecule has 0 aromatic heterocycles. The molecule has 0 saturated carbocycles. The van der Waals surface area contributed by atoms with Crippen LogP contribution in [-0.4, -0.2) is 55.7 Å². The number of hydrogen-bond acceptors (Lipinski definition) is 6. The summed E-state index contributed by atoms with van der Waals surface area (Å²) in [4.78, 5) is 15.3. The first-order chi connectivity index (χ1) is 16.0. The molecule has 0 bridgehead atoms. The Balaban J connectivity index is 1.42. The molecule has 0 amide bonds. The minimum Gasteiger partial charge on any atom is -0.495 e. The number of benzene rings is 2. The third-order valence-corrected chi connectivity index (χ3v) is 6.74. The molecule has 7 heteroatoms. The van der Waals surface area contributed by atoms with Gasteiger partial charge >= 0.3 is 0 Å². The van der Waals surface area contributed by atoms with E-state index in [4.69, 9.17) is 25.8 Å². The molecule has 0 unspecified atom stereocenters. The van der Waals surface area contributed by atoms with Crippen LogP contribution in [0.4, 0.5) is 0 Å². The number of ketones is 1. The van der Waals surface area contributed by atoms with Crippen LogP contribution >= 0.6 is 11.6 Å². The van der Waals surface area contributed by atoms with Crippen LogP contribution in [-0.2, 0) is 11.2 Å². The summed E-state index contributed by atoms with van der Waals surface area (Å²) in [7, 11) is 1.58. The molecule has 2 aliphatic heterocycles. The number of carbonyl (C=O) groups excluding carboxylic acids is 1. The number of aliphatic hydroxyl groups excluding tert-OH is 1. The van der Waals surface area contributed by atoms with Crippen molar-refractivity contribution in [3.05, 3.63) is 52.5 Å². The molecule has 2 aromatic rings. The minimum atomic E-state index is -0.749. The summed E-state index contributed by atoms with van der Waals surface area (Å²) < 4.78 is 16.5. The number of ether oxygens (including phenoxy) is 3. The summed E-state index contributed by atoms with van der Waals surface area (Å²) in [6.07, 6.45) is 2.93. The van der Waals surface area contributed by atoms with Crippen LogP contribution in [0.15, 0.2) is 36.4 Å². The van der Waals surface area contributed by atoms with E-state index in [2.05, 4.69) is 4.90 Å². The van der Waals surface area contributed by atoms with Crippen LogP contribution in [0, 0.1) is 5.92 Å². The molecule has 178 valence electrons. The van der Waals surface area contributed by atoms with Gasteiger partial charge < -0.3 is 24.2 Å². The van der Waals surface area contributed by atoms with E-state index in [0.717, 1.165) is 24.2 Å². The highest BCUT2D eigenvalue weighted by molar-refractivity contribution is 6.32. The SMILES string of the molecule is COc1ccc(CCC(=O)C[C@H](CN2CCCC2)[C@H](O)c2ccc3c(c2)OCCO3)cc1Cl. The van der Waals surface area contributed by atoms with Gasteiger partial charge in [0.15, 0.2) is 11.5 Å². The second-order valence-corrected chi connectivity index (χ2v) is 9.23. The number of methoxy groups -OCH3 is 1. The summed E-state index contributed by atoms with van der Waals surface area (Å²) in [6.45, 7) is 3.76. The van der Waals surface area contributed by atoms with Crippen molar-refractivity contribution in [2.75, 3.05) is 40.0 Å². The number of aliphatic hydroxyl groups is 1. The fourth-order valence-electron chi connectivity index (χ4n) is 4.63. The van der Waals surface area contributed by atoms with E-state index in [1.165, 1.54) is 12.8 Å². The number of nitrogens with zero attached hydrogens (tertiary/aromatic N) is 1. The molecule has 0 radical (unpaired) electrons. The van der Waals surface area contributed by atoms with E-state index >= 15 is 0 Å². The number of rotatable bonds is 10. The first kappa shape index (κ1) is 23.9. The Hall–Kier alpha value is -2.28. The van der Waals surface area contributed by atoms with Gasteiger partial charge in [0.2, 0.25) is 0 Å². The third-order valence-electron chi connectivity index (χ3n) is 6.44. The largest absolute Gasteiger partial charge is 0.495 e. The minimum absolute atomic E-state index is 0.141. The number of aryl methyl sites for hydroxylation is 1. The van der Waals surface area contributed by atoms with E-state index in [1.54, 1.807) is 7.11 Å². The lowest BCUT2D eigenvalue weighted by Gasteiger charge is -2.28. The van der Waals surface area contributed by atoms with Crippen molar-refractivity contribution in [1.29, 1.82) is 0 Å². The van der Waals surface area contributed by atoms with E-state index in [1.807, 2.05) is 36.4 Å². The molecular formula is C26H32ClNO5. The predicted molar refractivity (Wildman–Crippen MR) is 128 cm³/mol. The van der Waals surface area contributed by atoms with E-state index in [-0.39, 0.29) is 11.7 Å². The Kier molecular flexibility index (Phi) is 8.12. The predicted octanol–water partition coefficient (Wildman–Crippen LogP) is 4.46. The highest BCUT2D eigenvalue weighted by Crippen LogP contribution is 2.36. The number of likely N-dealkylation sites (tertiary alicyclic amines) is 1. The van der Waals surface area contributed by atoms with Gasteiger partial charge in [-0.05, 0) is 67.7 Å². The Labute approximate surface area is 200 Å². The van der Waals surface area contributed by atoms with Crippen LogP contribution in [0.25, 0.3) is 0 Å². The lowest BCUT2D eigenvalue weighted by molar-refractivity contribution is -0.121. The summed E-state index contributed by atoms with van der Waals surface area (Å²) in [5.74, 6) is 1.93. The molecule has 1 fully saturated rings. The molecule has 0 aliphatic carbocycles. The molecule has 1 saturated heterocycles. The van der Waals surface area contributed by atoms with Crippen molar-refractivity contribution in [1.82, 2.24) is 4.90 Å². The van der Waals surface area contributed by atoms with Gasteiger partial charge in [-0.1, -0.05) is 23.7 Å². The van der Waals surface area contributed by atoms with Gasteiger partial charge in [-0.2, -0.15) is 0 Å². The maximum Gasteiger partial charge on any atom is 0.161 e. The Bertz CT molecular complexity index is 960. The fourth-order valence-corrected chi connectivity index (χ4v) is 4.91. The molecule has 2 heterocycles. The zero-order chi connectivity index (χ0) is 23.2. The molecular weight excluding hydrogens is 442 g/mol. The normalized spacial score (nSPS) is 17.5. The lowest BCUT2D eigenvalue weighted by Crippen LogP contribution is -2.32. The zero-order valence-electron chi connectivity index (χ0n) is 19.1. The Morgan fingerprint density at radius 2 is 1.88 bits per heavy atom. The number of halogens is 1. The van der Waals surface area contributed by atoms with E-state index in [9.17, 15) is 9.90 Å². The Morgan fingerprint density at radius 3 is 2.61 bits per heavy atom. The van der Waals surface area contributed by atoms with E-state index < -0.39 is 6.10 Å². The average molecular weight is 474 g/mol. The Morgan fingerprint density at radius 1 is 1.12 bits per heavy atom. The van der Waals surface area contributed by atoms with E-state index in [0.29, 0.717) is 61.3 Å². The molecule has 6 nitrogen and oxygen atoms in total. The molecule has 1 N–H and O–H groups in total. The molecule has 2 aromatic carbocycles. The van der Waals surface area contributed by atoms with Gasteiger partial charge in [0.1, 0.15) is 24.7 Å². The number of carbonyl (C=O) groups is 1. The van der Waals surface area contributed by atoms with Gasteiger partial charge in [0.25, 0.3) is 0 Å². The second kappa shape index (κ2) is 11.2. The smallest absolute Gasteiger partial charge is 0.161 e. The van der Waals surface area contributed by atoms with Crippen molar-refractivity contribution in [2.45, 2.75) is 38.2 Å². The number of fused-ring (bicyclic) bond motifs is 1. The van der Waals surface area contributed by atoms with Crippen LogP contribution in [0.5, 0.6) is 17.2 Å². The van der Waals surface area contributed by atoms with Crippen LogP contribution in [0.2, 0.25) is 5.02 Å². The summed E-state index contributed by atoms with van der Waals surface area (Å²) in [5, 5.41) is 11.8. The van der Waals surface area contributed by atoms with Gasteiger partial charge in [-0.25, -0.2) is 0 Å². The highest BCUT2D eigenvalue weighted by atomic mass is 35.5. The molecule has 0 spiro atoms. The first-order valence-corrected chi connectivity index (χ1v) is 12.1. The second-order valence-electron chi connectivity index (χ2n) is 8.83. The van der Waals surface area contributed by atoms with Gasteiger partial charge in [-0.3, -0.25) is 4.79 Å². The standard InChI is InChI=1S/C26H32ClNO5/c1-31-23-8-5-18(14-22(23)27)4-7-21(29)15-20(17-28-10-2-3-11-28)26(30)19-6-9-24-25(16-19)33-13-12-32-24/h5-6,8-9,14,16,20,26,30H,2-4,7,10-13,15,17H2,1H3/t20-,26-/m1/s1. The molecule has 2 aliphatic rings. The van der Waals surface area contributed by atoms with Crippen LogP contribution < -0.4 is 14.2 Å². The maximum absolute atomic E-state index is 12.9. The average Bonchev–Trinajstić information content (AvgIpc) is 3.35. The zero-order valence-corrected chi connectivity index (χ0v) is 19.9. The van der Waals surface area contributed by atoms with Crippen LogP contribution in [0.1, 0.15) is 42.9 Å². The van der Waals surface area contributed by atoms with Gasteiger partial charge in [0.05, 0.1) is 18.2 Å². The quantitative estimate of drug-likeness (QED) is 0.549. The number of hydrogen-bond donors (Lipinski definition) is 1. The van der Waals surface area contributed by atoms with Gasteiger partial charge in [0, 0.05) is 25.3 Å². The van der Waals surface area contributed by atoms with Crippen molar-refractivity contribution >= 4 is 17.4 Å². The summed E-state index contributed by atoms with van der Waals surface area (Å²) in [6, 6.07) is 11.2. The monoisotopic (exact) mass is 473 g/mol. The lowest BCUT2D eigenvalue weighted by atomic mass is 9.89. The molecule has 2 atom stereocenters.